The van der Waals surface area contributed by atoms with Crippen molar-refractivity contribution in [2.24, 2.45) is 7.05 Å². The summed E-state index contributed by atoms with van der Waals surface area (Å²) in [6.07, 6.45) is -2.52. The Morgan fingerprint density at radius 1 is 1.05 bits per heavy atom. The molecule has 0 saturated carbocycles. The Balaban J connectivity index is 1.73. The maximum atomic E-state index is 13.1. The van der Waals surface area contributed by atoms with E-state index in [0.717, 1.165) is 30.5 Å². The van der Waals surface area contributed by atoms with E-state index in [9.17, 15) is 23.1 Å². The number of aliphatic hydroxyl groups is 1. The largest absolute Gasteiger partial charge is 0.416 e. The van der Waals surface area contributed by atoms with Crippen LogP contribution in [0.2, 0.25) is 5.15 Å². The van der Waals surface area contributed by atoms with Crippen LogP contribution < -0.4 is 10.6 Å². The van der Waals surface area contributed by atoms with Crippen LogP contribution in [-0.4, -0.2) is 56.3 Å². The van der Waals surface area contributed by atoms with E-state index >= 15 is 0 Å². The van der Waals surface area contributed by atoms with Gasteiger partial charge in [-0.05, 0) is 49.1 Å². The number of aromatic nitrogens is 3. The van der Waals surface area contributed by atoms with Gasteiger partial charge < -0.3 is 10.0 Å². The van der Waals surface area contributed by atoms with E-state index in [1.54, 1.807) is 19.2 Å². The molecule has 3 aromatic rings. The lowest BCUT2D eigenvalue weighted by molar-refractivity contribution is -0.137. The molecule has 1 unspecified atom stereocenters. The van der Waals surface area contributed by atoms with Crippen LogP contribution in [0.1, 0.15) is 50.3 Å². The zero-order chi connectivity index (χ0) is 26.9. The summed E-state index contributed by atoms with van der Waals surface area (Å²) in [6, 6.07) is 8.31. The summed E-state index contributed by atoms with van der Waals surface area (Å²) in [7, 11) is 1.64. The first-order chi connectivity index (χ1) is 17.6. The van der Waals surface area contributed by atoms with Gasteiger partial charge in [0.1, 0.15) is 10.7 Å². The predicted octanol–water partition coefficient (Wildman–Crippen LogP) is 4.80. The number of pyridine rings is 1. The summed E-state index contributed by atoms with van der Waals surface area (Å²) in [5.74, 6) is 0.485. The van der Waals surface area contributed by atoms with Crippen LogP contribution in [0.3, 0.4) is 0 Å². The van der Waals surface area contributed by atoms with Crippen molar-refractivity contribution in [3.05, 3.63) is 63.2 Å². The highest BCUT2D eigenvalue weighted by molar-refractivity contribution is 6.29. The lowest BCUT2D eigenvalue weighted by Gasteiger charge is -2.49. The fraction of sp³-hybridized carbons (Fsp3) is 0.500. The fourth-order valence-corrected chi connectivity index (χ4v) is 5.40. The molecular formula is C26H31ClF3N5O2. The molecule has 2 aromatic heterocycles. The van der Waals surface area contributed by atoms with Crippen molar-refractivity contribution in [2.75, 3.05) is 24.6 Å². The van der Waals surface area contributed by atoms with Crippen molar-refractivity contribution in [2.45, 2.75) is 57.4 Å². The van der Waals surface area contributed by atoms with Crippen LogP contribution in [0.4, 0.5) is 19.0 Å². The minimum absolute atomic E-state index is 0.00161. The Morgan fingerprint density at radius 3 is 2.32 bits per heavy atom. The quantitative estimate of drug-likeness (QED) is 0.436. The molecular weight excluding hydrogens is 507 g/mol. The first kappa shape index (κ1) is 27.3. The number of piperazine rings is 1. The number of hydrogen-bond donors (Lipinski definition) is 1. The van der Waals surface area contributed by atoms with Gasteiger partial charge in [-0.1, -0.05) is 37.6 Å². The van der Waals surface area contributed by atoms with Gasteiger partial charge >= 0.3 is 11.9 Å². The van der Waals surface area contributed by atoms with Gasteiger partial charge in [-0.3, -0.25) is 9.47 Å². The van der Waals surface area contributed by atoms with Crippen LogP contribution in [0.5, 0.6) is 0 Å². The second kappa shape index (κ2) is 11.0. The molecule has 1 aromatic carbocycles. The molecule has 1 N–H and O–H groups in total. The van der Waals surface area contributed by atoms with E-state index in [1.165, 1.54) is 16.7 Å². The first-order valence-electron chi connectivity index (χ1n) is 12.4. The summed E-state index contributed by atoms with van der Waals surface area (Å²) in [5, 5.41) is 10.1. The van der Waals surface area contributed by atoms with Crippen LogP contribution in [0, 0.1) is 0 Å². The van der Waals surface area contributed by atoms with E-state index in [0.29, 0.717) is 41.5 Å². The number of nitrogens with zero attached hydrogens (tertiary/aromatic N) is 5. The average molecular weight is 538 g/mol. The van der Waals surface area contributed by atoms with E-state index in [-0.39, 0.29) is 30.4 Å². The summed E-state index contributed by atoms with van der Waals surface area (Å²) in [5.41, 5.74) is 0.824. The molecule has 1 aliphatic rings. The van der Waals surface area contributed by atoms with Gasteiger partial charge in [-0.2, -0.15) is 18.2 Å². The van der Waals surface area contributed by atoms with Crippen LogP contribution in [0.15, 0.2) is 41.2 Å². The molecule has 3 heterocycles. The molecule has 0 radical (unpaired) electrons. The Morgan fingerprint density at radius 2 is 1.73 bits per heavy atom. The minimum atomic E-state index is -4.41. The molecule has 0 bridgehead atoms. The lowest BCUT2D eigenvalue weighted by atomic mass is 9.94. The summed E-state index contributed by atoms with van der Waals surface area (Å²) < 4.78 is 40.8. The molecule has 1 saturated heterocycles. The number of rotatable bonds is 7. The number of alkyl halides is 3. The lowest BCUT2D eigenvalue weighted by Crippen LogP contribution is -2.59. The fourth-order valence-electron chi connectivity index (χ4n) is 5.25. The number of aliphatic hydroxyl groups excluding tert-OH is 1. The Kier molecular flexibility index (Phi) is 8.11. The highest BCUT2D eigenvalue weighted by Crippen LogP contribution is 2.36. The highest BCUT2D eigenvalue weighted by Gasteiger charge is 2.38. The SMILES string of the molecule is CC[C@H]1CN(C(CCO)c2ccc(C(F)(F)F)cc2)[C@H](CC)CN1c1nc(=O)n(C)c2ccc(Cl)nc12. The molecule has 0 spiro atoms. The van der Waals surface area contributed by atoms with Gasteiger partial charge in [0.25, 0.3) is 0 Å². The average Bonchev–Trinajstić information content (AvgIpc) is 2.88. The second-order valence-corrected chi connectivity index (χ2v) is 9.79. The van der Waals surface area contributed by atoms with E-state index in [4.69, 9.17) is 11.6 Å². The third kappa shape index (κ3) is 5.46. The molecule has 0 amide bonds. The number of anilines is 1. The number of fused-ring (bicyclic) bond motifs is 1. The van der Waals surface area contributed by atoms with Gasteiger partial charge in [0.05, 0.1) is 11.1 Å². The highest BCUT2D eigenvalue weighted by atomic mass is 35.5. The minimum Gasteiger partial charge on any atom is -0.396 e. The van der Waals surface area contributed by atoms with Crippen molar-refractivity contribution >= 4 is 28.5 Å². The number of benzene rings is 1. The second-order valence-electron chi connectivity index (χ2n) is 9.40. The Hall–Kier alpha value is -2.69. The number of hydrogen-bond acceptors (Lipinski definition) is 6. The van der Waals surface area contributed by atoms with Crippen molar-refractivity contribution in [3.8, 4) is 0 Å². The summed E-state index contributed by atoms with van der Waals surface area (Å²) in [4.78, 5) is 26.0. The maximum Gasteiger partial charge on any atom is 0.416 e. The standard InChI is InChI=1S/C26H31ClF3N5O2/c1-4-18-15-35(24-23-21(10-11-22(27)31-23)33(3)25(37)32-24)19(5-2)14-34(18)20(12-13-36)16-6-8-17(9-7-16)26(28,29)30/h6-11,18-20,36H,4-5,12-15H2,1-3H3/t18-,19+,20?/m1/s1. The zero-order valence-corrected chi connectivity index (χ0v) is 21.8. The molecule has 1 aliphatic heterocycles. The number of aryl methyl sites for hydroxylation is 1. The van der Waals surface area contributed by atoms with Gasteiger partial charge in [-0.25, -0.2) is 9.78 Å². The van der Waals surface area contributed by atoms with Gasteiger partial charge in [0, 0.05) is 44.9 Å². The number of halogens is 4. The Labute approximate surface area is 218 Å². The van der Waals surface area contributed by atoms with E-state index in [1.807, 2.05) is 6.92 Å². The van der Waals surface area contributed by atoms with Crippen molar-refractivity contribution in [3.63, 3.8) is 0 Å². The third-order valence-electron chi connectivity index (χ3n) is 7.28. The first-order valence-corrected chi connectivity index (χ1v) is 12.8. The van der Waals surface area contributed by atoms with Crippen LogP contribution in [-0.2, 0) is 13.2 Å². The summed E-state index contributed by atoms with van der Waals surface area (Å²) >= 11 is 6.21. The predicted molar refractivity (Wildman–Crippen MR) is 138 cm³/mol. The van der Waals surface area contributed by atoms with Gasteiger partial charge in [0.2, 0.25) is 0 Å². The monoisotopic (exact) mass is 537 g/mol. The normalized spacial score (nSPS) is 19.9. The van der Waals surface area contributed by atoms with Gasteiger partial charge in [0.15, 0.2) is 5.82 Å². The van der Waals surface area contributed by atoms with E-state index in [2.05, 4.69) is 26.7 Å². The molecule has 4 rings (SSSR count). The summed E-state index contributed by atoms with van der Waals surface area (Å²) in [6.45, 7) is 5.13. The van der Waals surface area contributed by atoms with Crippen molar-refractivity contribution in [1.82, 2.24) is 19.4 Å². The molecule has 0 aliphatic carbocycles. The van der Waals surface area contributed by atoms with Crippen molar-refractivity contribution in [1.29, 1.82) is 0 Å². The topological polar surface area (TPSA) is 74.5 Å². The molecule has 1 fully saturated rings. The van der Waals surface area contributed by atoms with Crippen LogP contribution in [0.25, 0.3) is 11.0 Å². The Bertz CT molecular complexity index is 1300. The van der Waals surface area contributed by atoms with Crippen molar-refractivity contribution < 1.29 is 18.3 Å². The molecule has 3 atom stereocenters. The van der Waals surface area contributed by atoms with E-state index < -0.39 is 11.7 Å². The zero-order valence-electron chi connectivity index (χ0n) is 21.0. The third-order valence-corrected chi connectivity index (χ3v) is 7.49. The molecule has 7 nitrogen and oxygen atoms in total. The molecule has 200 valence electrons. The molecule has 37 heavy (non-hydrogen) atoms. The van der Waals surface area contributed by atoms with Crippen LogP contribution >= 0.6 is 11.6 Å². The van der Waals surface area contributed by atoms with Gasteiger partial charge in [-0.15, -0.1) is 0 Å². The molecule has 11 heteroatoms. The smallest absolute Gasteiger partial charge is 0.396 e. The maximum absolute atomic E-state index is 13.1.